The lowest BCUT2D eigenvalue weighted by atomic mass is 9.48. The maximum absolute atomic E-state index is 12.1. The maximum atomic E-state index is 12.1. The molecule has 0 saturated heterocycles. The molecular weight excluding hydrogens is 292 g/mol. The Morgan fingerprint density at radius 2 is 1.61 bits per heavy atom. The molecule has 4 aliphatic rings. The van der Waals surface area contributed by atoms with Crippen LogP contribution in [-0.4, -0.2) is 50.1 Å². The van der Waals surface area contributed by atoms with Gasteiger partial charge in [0.05, 0.1) is 0 Å². The third-order valence-corrected chi connectivity index (χ3v) is 6.34. The zero-order chi connectivity index (χ0) is 16.6. The summed E-state index contributed by atoms with van der Waals surface area (Å²) in [4.78, 5) is 25.1. The Kier molecular flexibility index (Phi) is 4.68. The minimum atomic E-state index is -0.119. The van der Waals surface area contributed by atoms with Crippen LogP contribution >= 0.6 is 0 Å². The van der Waals surface area contributed by atoms with Crippen molar-refractivity contribution in [3.05, 3.63) is 0 Å². The average molecular weight is 322 g/mol. The highest BCUT2D eigenvalue weighted by atomic mass is 16.5. The predicted octanol–water partition coefficient (Wildman–Crippen LogP) is 1.81. The van der Waals surface area contributed by atoms with E-state index in [-0.39, 0.29) is 31.1 Å². The molecule has 0 aliphatic heterocycles. The van der Waals surface area contributed by atoms with Crippen LogP contribution in [-0.2, 0) is 14.3 Å². The van der Waals surface area contributed by atoms with Crippen molar-refractivity contribution in [1.29, 1.82) is 0 Å². The Hall–Kier alpha value is -1.10. The largest absolute Gasteiger partial charge is 0.362 e. The second-order valence-electron chi connectivity index (χ2n) is 8.35. The van der Waals surface area contributed by atoms with Gasteiger partial charge in [0.15, 0.2) is 0 Å². The Labute approximate surface area is 139 Å². The highest BCUT2D eigenvalue weighted by molar-refractivity contribution is 5.79. The Morgan fingerprint density at radius 1 is 1.09 bits per heavy atom. The number of carbonyl (C=O) groups is 2. The van der Waals surface area contributed by atoms with E-state index in [0.717, 1.165) is 17.8 Å². The molecule has 4 saturated carbocycles. The number of nitrogens with one attached hydrogen (secondary N) is 1. The first-order chi connectivity index (χ1) is 10.9. The number of amides is 2. The smallest absolute Gasteiger partial charge is 0.248 e. The van der Waals surface area contributed by atoms with E-state index in [1.807, 2.05) is 0 Å². The molecule has 5 nitrogen and oxygen atoms in total. The molecule has 0 spiro atoms. The summed E-state index contributed by atoms with van der Waals surface area (Å²) in [5.41, 5.74) is 0.309. The van der Waals surface area contributed by atoms with Crippen molar-refractivity contribution in [2.75, 3.05) is 27.3 Å². The van der Waals surface area contributed by atoms with Crippen molar-refractivity contribution in [1.82, 2.24) is 10.2 Å². The van der Waals surface area contributed by atoms with Gasteiger partial charge in [-0.3, -0.25) is 9.59 Å². The SMILES string of the molecule is CC(NC(=O)COCC(=O)N(C)C)C12CC3CC(CC(C3)C1)C2. The number of rotatable bonds is 6. The second kappa shape index (κ2) is 6.42. The standard InChI is InChI=1S/C18H30N2O3/c1-12(19-16(21)10-23-11-17(22)20(2)3)18-7-13-4-14(8-18)6-15(5-13)9-18/h12-15H,4-11H2,1-3H3,(H,19,21). The van der Waals surface area contributed by atoms with Crippen molar-refractivity contribution >= 4 is 11.8 Å². The Morgan fingerprint density at radius 3 is 2.09 bits per heavy atom. The summed E-state index contributed by atoms with van der Waals surface area (Å²) >= 11 is 0. The van der Waals surface area contributed by atoms with E-state index in [4.69, 9.17) is 4.74 Å². The zero-order valence-corrected chi connectivity index (χ0v) is 14.6. The fourth-order valence-corrected chi connectivity index (χ4v) is 5.50. The lowest BCUT2D eigenvalue weighted by Crippen LogP contribution is -2.56. The van der Waals surface area contributed by atoms with Crippen LogP contribution in [0.1, 0.15) is 45.4 Å². The molecule has 0 aromatic rings. The second-order valence-corrected chi connectivity index (χ2v) is 8.35. The van der Waals surface area contributed by atoms with Crippen molar-refractivity contribution in [3.63, 3.8) is 0 Å². The molecule has 4 fully saturated rings. The lowest BCUT2D eigenvalue weighted by Gasteiger charge is -2.59. The van der Waals surface area contributed by atoms with Crippen molar-refractivity contribution in [2.24, 2.45) is 23.2 Å². The van der Waals surface area contributed by atoms with Crippen LogP contribution < -0.4 is 5.32 Å². The van der Waals surface area contributed by atoms with Gasteiger partial charge in [-0.15, -0.1) is 0 Å². The first-order valence-corrected chi connectivity index (χ1v) is 8.95. The fraction of sp³-hybridized carbons (Fsp3) is 0.889. The third kappa shape index (κ3) is 3.54. The van der Waals surface area contributed by atoms with E-state index < -0.39 is 0 Å². The van der Waals surface area contributed by atoms with Crippen LogP contribution in [0.15, 0.2) is 0 Å². The number of hydrogen-bond acceptors (Lipinski definition) is 3. The molecule has 130 valence electrons. The van der Waals surface area contributed by atoms with Gasteiger partial charge in [-0.2, -0.15) is 0 Å². The van der Waals surface area contributed by atoms with Gasteiger partial charge in [0.1, 0.15) is 13.2 Å². The first-order valence-electron chi connectivity index (χ1n) is 8.95. The van der Waals surface area contributed by atoms with Crippen molar-refractivity contribution in [2.45, 2.75) is 51.5 Å². The number of likely N-dealkylation sites (N-methyl/N-ethyl adjacent to an activating group) is 1. The molecule has 23 heavy (non-hydrogen) atoms. The highest BCUT2D eigenvalue weighted by Gasteiger charge is 2.53. The maximum Gasteiger partial charge on any atom is 0.248 e. The van der Waals surface area contributed by atoms with Crippen LogP contribution in [0.4, 0.5) is 0 Å². The van der Waals surface area contributed by atoms with Gasteiger partial charge in [0.2, 0.25) is 11.8 Å². The summed E-state index contributed by atoms with van der Waals surface area (Å²) < 4.78 is 5.24. The molecule has 1 N–H and O–H groups in total. The minimum absolute atomic E-state index is 0.0315. The molecule has 4 rings (SSSR count). The molecule has 0 aromatic heterocycles. The topological polar surface area (TPSA) is 58.6 Å². The van der Waals surface area contributed by atoms with E-state index in [1.54, 1.807) is 14.1 Å². The van der Waals surface area contributed by atoms with Gasteiger partial charge in [-0.05, 0) is 68.6 Å². The normalized spacial score (nSPS) is 35.9. The Bertz CT molecular complexity index is 440. The average Bonchev–Trinajstić information content (AvgIpc) is 2.45. The summed E-state index contributed by atoms with van der Waals surface area (Å²) in [6.07, 6.45) is 8.07. The van der Waals surface area contributed by atoms with E-state index in [2.05, 4.69) is 12.2 Å². The van der Waals surface area contributed by atoms with Gasteiger partial charge in [-0.25, -0.2) is 0 Å². The molecule has 4 aliphatic carbocycles. The molecule has 0 aromatic carbocycles. The van der Waals surface area contributed by atoms with E-state index in [9.17, 15) is 9.59 Å². The number of hydrogen-bond donors (Lipinski definition) is 1. The first kappa shape index (κ1) is 16.7. The summed E-state index contributed by atoms with van der Waals surface area (Å²) in [5.74, 6) is 2.44. The number of carbonyl (C=O) groups excluding carboxylic acids is 2. The van der Waals surface area contributed by atoms with E-state index >= 15 is 0 Å². The molecule has 1 atom stereocenters. The van der Waals surface area contributed by atoms with E-state index in [1.165, 1.54) is 43.4 Å². The highest BCUT2D eigenvalue weighted by Crippen LogP contribution is 2.61. The van der Waals surface area contributed by atoms with Crippen LogP contribution in [0.25, 0.3) is 0 Å². The summed E-state index contributed by atoms with van der Waals surface area (Å²) in [6.45, 7) is 2.10. The summed E-state index contributed by atoms with van der Waals surface area (Å²) in [7, 11) is 3.36. The summed E-state index contributed by atoms with van der Waals surface area (Å²) in [6, 6.07) is 0.205. The van der Waals surface area contributed by atoms with Gasteiger partial charge in [-0.1, -0.05) is 0 Å². The van der Waals surface area contributed by atoms with Gasteiger partial charge >= 0.3 is 0 Å². The predicted molar refractivity (Wildman–Crippen MR) is 87.7 cm³/mol. The molecule has 1 unspecified atom stereocenters. The van der Waals surface area contributed by atoms with Crippen LogP contribution in [0.2, 0.25) is 0 Å². The van der Waals surface area contributed by atoms with Crippen molar-refractivity contribution in [3.8, 4) is 0 Å². The van der Waals surface area contributed by atoms with Gasteiger partial charge < -0.3 is 15.0 Å². The molecule has 2 amide bonds. The van der Waals surface area contributed by atoms with Gasteiger partial charge in [0, 0.05) is 20.1 Å². The monoisotopic (exact) mass is 322 g/mol. The van der Waals surface area contributed by atoms with E-state index in [0.29, 0.717) is 5.41 Å². The molecule has 0 heterocycles. The molecule has 4 bridgehead atoms. The quantitative estimate of drug-likeness (QED) is 0.811. The number of nitrogens with zero attached hydrogens (tertiary/aromatic N) is 1. The lowest BCUT2D eigenvalue weighted by molar-refractivity contribution is -0.137. The molecule has 0 radical (unpaired) electrons. The number of ether oxygens (including phenoxy) is 1. The molecule has 5 heteroatoms. The molecular formula is C18H30N2O3. The summed E-state index contributed by atoms with van der Waals surface area (Å²) in [5, 5.41) is 3.15. The fourth-order valence-electron chi connectivity index (χ4n) is 5.50. The van der Waals surface area contributed by atoms with Crippen molar-refractivity contribution < 1.29 is 14.3 Å². The Balaban J connectivity index is 1.48. The zero-order valence-electron chi connectivity index (χ0n) is 14.6. The minimum Gasteiger partial charge on any atom is -0.362 e. The van der Waals surface area contributed by atoms with Crippen LogP contribution in [0, 0.1) is 23.2 Å². The third-order valence-electron chi connectivity index (χ3n) is 6.34. The van der Waals surface area contributed by atoms with Crippen LogP contribution in [0.3, 0.4) is 0 Å². The van der Waals surface area contributed by atoms with Gasteiger partial charge in [0.25, 0.3) is 0 Å². The van der Waals surface area contributed by atoms with Crippen LogP contribution in [0.5, 0.6) is 0 Å².